The second-order valence-corrected chi connectivity index (χ2v) is 9.00. The average molecular weight is 457 g/mol. The zero-order chi connectivity index (χ0) is 23.1. The Kier molecular flexibility index (Phi) is 7.61. The molecule has 0 saturated carbocycles. The molecule has 6 nitrogen and oxygen atoms in total. The summed E-state index contributed by atoms with van der Waals surface area (Å²) in [6.45, 7) is 2.39. The van der Waals surface area contributed by atoms with Crippen molar-refractivity contribution in [3.05, 3.63) is 95.3 Å². The number of benzene rings is 3. The predicted molar refractivity (Wildman–Crippen MR) is 120 cm³/mol. The fourth-order valence-corrected chi connectivity index (χ4v) is 4.82. The molecule has 0 saturated heterocycles. The number of nitrogens with zero attached hydrogens (tertiary/aromatic N) is 1. The standard InChI is InChI=1S/C24H25FN2O4S/c1-3-27(17-19-7-5-4-6-8-19)32(29,30)23-15-20(11-14-22(23)31-2)24(28)26-16-18-9-12-21(25)13-10-18/h4-15H,3,16-17H2,1-2H3,(H,26,28). The first kappa shape index (κ1) is 23.4. The number of hydrogen-bond acceptors (Lipinski definition) is 4. The van der Waals surface area contributed by atoms with Gasteiger partial charge in [0.1, 0.15) is 16.5 Å². The number of carbonyl (C=O) groups excluding carboxylic acids is 1. The number of halogens is 1. The Morgan fingerprint density at radius 1 is 1.00 bits per heavy atom. The van der Waals surface area contributed by atoms with Crippen LogP contribution >= 0.6 is 0 Å². The van der Waals surface area contributed by atoms with E-state index in [2.05, 4.69) is 5.32 Å². The Hall–Kier alpha value is -3.23. The minimum Gasteiger partial charge on any atom is -0.495 e. The van der Waals surface area contributed by atoms with Crippen molar-refractivity contribution in [2.75, 3.05) is 13.7 Å². The van der Waals surface area contributed by atoms with Gasteiger partial charge in [0.2, 0.25) is 10.0 Å². The van der Waals surface area contributed by atoms with E-state index < -0.39 is 15.9 Å². The zero-order valence-corrected chi connectivity index (χ0v) is 18.7. The van der Waals surface area contributed by atoms with Crippen LogP contribution < -0.4 is 10.1 Å². The SMILES string of the molecule is CCN(Cc1ccccc1)S(=O)(=O)c1cc(C(=O)NCc2ccc(F)cc2)ccc1OC. The van der Waals surface area contributed by atoms with Crippen LogP contribution in [-0.2, 0) is 23.1 Å². The van der Waals surface area contributed by atoms with Crippen molar-refractivity contribution >= 4 is 15.9 Å². The molecule has 0 fully saturated rings. The summed E-state index contributed by atoms with van der Waals surface area (Å²) in [5, 5.41) is 2.72. The van der Waals surface area contributed by atoms with Gasteiger partial charge in [-0.3, -0.25) is 4.79 Å². The summed E-state index contributed by atoms with van der Waals surface area (Å²) in [6, 6.07) is 19.3. The monoisotopic (exact) mass is 456 g/mol. The van der Waals surface area contributed by atoms with E-state index in [1.54, 1.807) is 19.1 Å². The summed E-state index contributed by atoms with van der Waals surface area (Å²) in [5.41, 5.74) is 1.76. The van der Waals surface area contributed by atoms with E-state index in [0.29, 0.717) is 0 Å². The minimum absolute atomic E-state index is 0.0767. The second-order valence-electron chi connectivity index (χ2n) is 7.09. The molecule has 0 bridgehead atoms. The van der Waals surface area contributed by atoms with Gasteiger partial charge in [-0.1, -0.05) is 49.4 Å². The van der Waals surface area contributed by atoms with Crippen molar-refractivity contribution in [2.24, 2.45) is 0 Å². The molecule has 3 aromatic carbocycles. The summed E-state index contributed by atoms with van der Waals surface area (Å²) in [7, 11) is -2.55. The number of sulfonamides is 1. The summed E-state index contributed by atoms with van der Waals surface area (Å²) >= 11 is 0. The van der Waals surface area contributed by atoms with Crippen LogP contribution in [0.3, 0.4) is 0 Å². The number of nitrogens with one attached hydrogen (secondary N) is 1. The van der Waals surface area contributed by atoms with E-state index >= 15 is 0 Å². The Bertz CT molecular complexity index is 1170. The molecule has 1 amide bonds. The maximum Gasteiger partial charge on any atom is 0.251 e. The highest BCUT2D eigenvalue weighted by Gasteiger charge is 2.28. The van der Waals surface area contributed by atoms with Crippen molar-refractivity contribution in [2.45, 2.75) is 24.9 Å². The number of amides is 1. The molecule has 0 aromatic heterocycles. The molecule has 8 heteroatoms. The molecular weight excluding hydrogens is 431 g/mol. The lowest BCUT2D eigenvalue weighted by Gasteiger charge is -2.22. The number of ether oxygens (including phenoxy) is 1. The maximum absolute atomic E-state index is 13.4. The third kappa shape index (κ3) is 5.52. The number of methoxy groups -OCH3 is 1. The van der Waals surface area contributed by atoms with Crippen molar-refractivity contribution in [3.63, 3.8) is 0 Å². The molecule has 0 aliphatic rings. The van der Waals surface area contributed by atoms with Crippen molar-refractivity contribution in [1.29, 1.82) is 0 Å². The van der Waals surface area contributed by atoms with Gasteiger partial charge in [0.25, 0.3) is 5.91 Å². The molecular formula is C24H25FN2O4S. The van der Waals surface area contributed by atoms with E-state index in [-0.39, 0.29) is 41.7 Å². The Labute approximate surface area is 187 Å². The Morgan fingerprint density at radius 3 is 2.31 bits per heavy atom. The molecule has 0 aliphatic carbocycles. The maximum atomic E-state index is 13.4. The van der Waals surface area contributed by atoms with Crippen LogP contribution in [0, 0.1) is 5.82 Å². The predicted octanol–water partition coefficient (Wildman–Crippen LogP) is 3.98. The molecule has 1 N–H and O–H groups in total. The van der Waals surface area contributed by atoms with Gasteiger partial charge in [0, 0.05) is 25.2 Å². The van der Waals surface area contributed by atoms with Gasteiger partial charge in [-0.05, 0) is 41.5 Å². The van der Waals surface area contributed by atoms with E-state index in [1.807, 2.05) is 30.3 Å². The summed E-state index contributed by atoms with van der Waals surface area (Å²) in [6.07, 6.45) is 0. The van der Waals surface area contributed by atoms with Gasteiger partial charge in [-0.2, -0.15) is 4.31 Å². The van der Waals surface area contributed by atoms with Crippen LogP contribution in [-0.4, -0.2) is 32.3 Å². The Balaban J connectivity index is 1.85. The van der Waals surface area contributed by atoms with E-state index in [9.17, 15) is 17.6 Å². The van der Waals surface area contributed by atoms with Gasteiger partial charge in [0.05, 0.1) is 7.11 Å². The lowest BCUT2D eigenvalue weighted by molar-refractivity contribution is 0.0950. The van der Waals surface area contributed by atoms with Gasteiger partial charge in [-0.25, -0.2) is 12.8 Å². The highest BCUT2D eigenvalue weighted by atomic mass is 32.2. The fraction of sp³-hybridized carbons (Fsp3) is 0.208. The lowest BCUT2D eigenvalue weighted by Crippen LogP contribution is -2.31. The van der Waals surface area contributed by atoms with Gasteiger partial charge < -0.3 is 10.1 Å². The van der Waals surface area contributed by atoms with Gasteiger partial charge in [0.15, 0.2) is 0 Å². The molecule has 0 radical (unpaired) electrons. The highest BCUT2D eigenvalue weighted by molar-refractivity contribution is 7.89. The van der Waals surface area contributed by atoms with E-state index in [0.717, 1.165) is 11.1 Å². The summed E-state index contributed by atoms with van der Waals surface area (Å²) in [4.78, 5) is 12.6. The molecule has 3 rings (SSSR count). The summed E-state index contributed by atoms with van der Waals surface area (Å²) in [5.74, 6) is -0.646. The number of carbonyl (C=O) groups is 1. The quantitative estimate of drug-likeness (QED) is 0.529. The first-order valence-corrected chi connectivity index (χ1v) is 11.5. The third-order valence-electron chi connectivity index (χ3n) is 4.96. The van der Waals surface area contributed by atoms with E-state index in [1.165, 1.54) is 41.7 Å². The van der Waals surface area contributed by atoms with Crippen LogP contribution in [0.4, 0.5) is 4.39 Å². The van der Waals surface area contributed by atoms with Crippen LogP contribution in [0.15, 0.2) is 77.7 Å². The molecule has 0 heterocycles. The van der Waals surface area contributed by atoms with E-state index in [4.69, 9.17) is 4.74 Å². The first-order valence-electron chi connectivity index (χ1n) is 10.1. The van der Waals surface area contributed by atoms with Crippen LogP contribution in [0.25, 0.3) is 0 Å². The second kappa shape index (κ2) is 10.4. The lowest BCUT2D eigenvalue weighted by atomic mass is 10.2. The third-order valence-corrected chi connectivity index (χ3v) is 6.91. The molecule has 168 valence electrons. The van der Waals surface area contributed by atoms with Crippen molar-refractivity contribution < 1.29 is 22.3 Å². The molecule has 3 aromatic rings. The molecule has 0 atom stereocenters. The largest absolute Gasteiger partial charge is 0.495 e. The number of rotatable bonds is 9. The van der Waals surface area contributed by atoms with Crippen molar-refractivity contribution in [3.8, 4) is 5.75 Å². The molecule has 0 spiro atoms. The average Bonchev–Trinajstić information content (AvgIpc) is 2.82. The first-order chi connectivity index (χ1) is 15.3. The highest BCUT2D eigenvalue weighted by Crippen LogP contribution is 2.29. The van der Waals surface area contributed by atoms with Crippen LogP contribution in [0.1, 0.15) is 28.4 Å². The van der Waals surface area contributed by atoms with Gasteiger partial charge in [-0.15, -0.1) is 0 Å². The van der Waals surface area contributed by atoms with Crippen LogP contribution in [0.5, 0.6) is 5.75 Å². The minimum atomic E-state index is -3.93. The smallest absolute Gasteiger partial charge is 0.251 e. The fourth-order valence-electron chi connectivity index (χ4n) is 3.20. The molecule has 0 unspecified atom stereocenters. The van der Waals surface area contributed by atoms with Gasteiger partial charge >= 0.3 is 0 Å². The number of hydrogen-bond donors (Lipinski definition) is 1. The molecule has 32 heavy (non-hydrogen) atoms. The zero-order valence-electron chi connectivity index (χ0n) is 17.9. The molecule has 0 aliphatic heterocycles. The summed E-state index contributed by atoms with van der Waals surface area (Å²) < 4.78 is 46.5. The normalized spacial score (nSPS) is 11.4. The topological polar surface area (TPSA) is 75.7 Å². The van der Waals surface area contributed by atoms with Crippen LogP contribution in [0.2, 0.25) is 0 Å². The van der Waals surface area contributed by atoms with Crippen molar-refractivity contribution in [1.82, 2.24) is 9.62 Å². The Morgan fingerprint density at radius 2 is 1.69 bits per heavy atom.